The van der Waals surface area contributed by atoms with Gasteiger partial charge in [0.25, 0.3) is 11.8 Å². The van der Waals surface area contributed by atoms with Crippen molar-refractivity contribution < 1.29 is 14.0 Å². The summed E-state index contributed by atoms with van der Waals surface area (Å²) in [4.78, 5) is 26.9. The smallest absolute Gasteiger partial charge is 0.286 e. The number of carbonyl (C=O) groups is 2. The number of halogens is 2. The van der Waals surface area contributed by atoms with E-state index < -0.39 is 17.6 Å². The number of H-pyrrole nitrogens is 1. The maximum absolute atomic E-state index is 13.6. The lowest BCUT2D eigenvalue weighted by Gasteiger charge is -2.07. The van der Waals surface area contributed by atoms with Gasteiger partial charge in [0, 0.05) is 15.4 Å². The van der Waals surface area contributed by atoms with Gasteiger partial charge in [0.05, 0.1) is 5.56 Å². The van der Waals surface area contributed by atoms with E-state index in [1.165, 1.54) is 12.1 Å². The first-order valence-corrected chi connectivity index (χ1v) is 7.48. The van der Waals surface area contributed by atoms with Gasteiger partial charge in [-0.1, -0.05) is 18.2 Å². The molecule has 23 heavy (non-hydrogen) atoms. The van der Waals surface area contributed by atoms with Crippen LogP contribution >= 0.6 is 15.9 Å². The maximum Gasteiger partial charge on any atom is 0.286 e. The Morgan fingerprint density at radius 1 is 1.00 bits per heavy atom. The molecule has 0 atom stereocenters. The molecule has 0 aliphatic carbocycles. The highest BCUT2D eigenvalue weighted by atomic mass is 79.9. The number of aromatic nitrogens is 1. The number of amides is 2. The van der Waals surface area contributed by atoms with Crippen molar-refractivity contribution in [1.29, 1.82) is 0 Å². The van der Waals surface area contributed by atoms with Crippen LogP contribution in [0, 0.1) is 5.82 Å². The van der Waals surface area contributed by atoms with Crippen molar-refractivity contribution in [3.8, 4) is 0 Å². The van der Waals surface area contributed by atoms with Crippen molar-refractivity contribution in [2.75, 3.05) is 0 Å². The summed E-state index contributed by atoms with van der Waals surface area (Å²) < 4.78 is 14.2. The van der Waals surface area contributed by atoms with Gasteiger partial charge < -0.3 is 4.98 Å². The first-order chi connectivity index (χ1) is 11.1. The number of hydrogen-bond donors (Lipinski definition) is 3. The summed E-state index contributed by atoms with van der Waals surface area (Å²) in [6, 6.07) is 12.7. The number of hydrazine groups is 1. The summed E-state index contributed by atoms with van der Waals surface area (Å²) >= 11 is 3.26. The van der Waals surface area contributed by atoms with E-state index in [0.29, 0.717) is 20.9 Å². The molecule has 0 bridgehead atoms. The molecule has 0 aliphatic heterocycles. The van der Waals surface area contributed by atoms with Gasteiger partial charge in [-0.15, -0.1) is 0 Å². The third-order valence-electron chi connectivity index (χ3n) is 3.26. The second-order valence-electron chi connectivity index (χ2n) is 4.77. The lowest BCUT2D eigenvalue weighted by Crippen LogP contribution is -2.41. The molecule has 7 heteroatoms. The Morgan fingerprint density at radius 2 is 1.74 bits per heavy atom. The molecular weight excluding hydrogens is 365 g/mol. The van der Waals surface area contributed by atoms with E-state index in [0.717, 1.165) is 0 Å². The molecule has 0 radical (unpaired) electrons. The van der Waals surface area contributed by atoms with E-state index in [-0.39, 0.29) is 5.69 Å². The minimum Gasteiger partial charge on any atom is -0.350 e. The second-order valence-corrected chi connectivity index (χ2v) is 5.63. The molecule has 2 amide bonds. The first-order valence-electron chi connectivity index (χ1n) is 6.68. The molecule has 0 spiro atoms. The molecule has 1 heterocycles. The van der Waals surface area contributed by atoms with Gasteiger partial charge >= 0.3 is 0 Å². The number of nitrogens with one attached hydrogen (secondary N) is 3. The highest BCUT2D eigenvalue weighted by molar-refractivity contribution is 9.10. The predicted molar refractivity (Wildman–Crippen MR) is 87.3 cm³/mol. The Morgan fingerprint density at radius 3 is 2.48 bits per heavy atom. The fourth-order valence-corrected chi connectivity index (χ4v) is 2.60. The lowest BCUT2D eigenvalue weighted by atomic mass is 10.2. The summed E-state index contributed by atoms with van der Waals surface area (Å²) in [6.07, 6.45) is 0. The molecule has 3 N–H and O–H groups in total. The number of aromatic amines is 1. The van der Waals surface area contributed by atoms with Crippen molar-refractivity contribution in [2.24, 2.45) is 0 Å². The monoisotopic (exact) mass is 375 g/mol. The molecule has 0 saturated heterocycles. The zero-order valence-corrected chi connectivity index (χ0v) is 13.3. The van der Waals surface area contributed by atoms with E-state index in [2.05, 4.69) is 31.8 Å². The van der Waals surface area contributed by atoms with Crippen LogP contribution in [-0.4, -0.2) is 16.8 Å². The van der Waals surface area contributed by atoms with Gasteiger partial charge in [0.1, 0.15) is 11.5 Å². The average molecular weight is 376 g/mol. The summed E-state index contributed by atoms with van der Waals surface area (Å²) in [5.74, 6) is -1.45. The van der Waals surface area contributed by atoms with Crippen LogP contribution in [0.15, 0.2) is 53.0 Å². The Hall–Kier alpha value is -2.67. The third kappa shape index (κ3) is 3.09. The van der Waals surface area contributed by atoms with Crippen LogP contribution in [0.25, 0.3) is 10.9 Å². The Balaban J connectivity index is 1.73. The van der Waals surface area contributed by atoms with Crippen molar-refractivity contribution in [3.05, 3.63) is 70.1 Å². The van der Waals surface area contributed by atoms with Crippen LogP contribution in [0.3, 0.4) is 0 Å². The molecule has 116 valence electrons. The van der Waals surface area contributed by atoms with Crippen LogP contribution in [0.5, 0.6) is 0 Å². The number of rotatable bonds is 2. The second kappa shape index (κ2) is 6.21. The van der Waals surface area contributed by atoms with Crippen LogP contribution in [0.4, 0.5) is 4.39 Å². The molecule has 1 aromatic heterocycles. The summed E-state index contributed by atoms with van der Waals surface area (Å²) in [5.41, 5.74) is 5.65. The lowest BCUT2D eigenvalue weighted by molar-refractivity contribution is 0.0844. The topological polar surface area (TPSA) is 74.0 Å². The van der Waals surface area contributed by atoms with E-state index >= 15 is 0 Å². The molecule has 0 unspecified atom stereocenters. The van der Waals surface area contributed by atoms with Gasteiger partial charge in [0.2, 0.25) is 0 Å². The van der Waals surface area contributed by atoms with Crippen LogP contribution in [-0.2, 0) is 0 Å². The van der Waals surface area contributed by atoms with Gasteiger partial charge in [0.15, 0.2) is 0 Å². The van der Waals surface area contributed by atoms with Crippen LogP contribution in [0.2, 0.25) is 0 Å². The van der Waals surface area contributed by atoms with E-state index in [9.17, 15) is 14.0 Å². The van der Waals surface area contributed by atoms with E-state index in [1.807, 2.05) is 0 Å². The molecule has 0 saturated carbocycles. The summed E-state index contributed by atoms with van der Waals surface area (Å²) in [6.45, 7) is 0. The summed E-state index contributed by atoms with van der Waals surface area (Å²) in [7, 11) is 0. The number of benzene rings is 2. The van der Waals surface area contributed by atoms with Gasteiger partial charge in [-0.2, -0.15) is 0 Å². The molecule has 2 aromatic carbocycles. The Labute approximate surface area is 139 Å². The number of carbonyl (C=O) groups excluding carboxylic acids is 2. The fraction of sp³-hybridized carbons (Fsp3) is 0. The minimum atomic E-state index is -0.569. The first kappa shape index (κ1) is 15.2. The molecule has 0 aliphatic rings. The molecule has 0 fully saturated rings. The minimum absolute atomic E-state index is 0.150. The van der Waals surface area contributed by atoms with E-state index in [4.69, 9.17) is 0 Å². The average Bonchev–Trinajstić information content (AvgIpc) is 2.98. The quantitative estimate of drug-likeness (QED) is 0.602. The number of fused-ring (bicyclic) bond motifs is 1. The highest BCUT2D eigenvalue weighted by Gasteiger charge is 2.14. The Bertz CT molecular complexity index is 907. The van der Waals surface area contributed by atoms with Gasteiger partial charge in [-0.05, 0) is 46.3 Å². The zero-order chi connectivity index (χ0) is 16.4. The number of hydrogen-bond acceptors (Lipinski definition) is 2. The third-order valence-corrected chi connectivity index (χ3v) is 3.96. The zero-order valence-electron chi connectivity index (χ0n) is 11.7. The van der Waals surface area contributed by atoms with Crippen LogP contribution < -0.4 is 10.9 Å². The highest BCUT2D eigenvalue weighted by Crippen LogP contribution is 2.18. The van der Waals surface area contributed by atoms with Crippen LogP contribution in [0.1, 0.15) is 20.8 Å². The molecular formula is C16H11BrFN3O2. The fourth-order valence-electron chi connectivity index (χ4n) is 2.13. The molecule has 3 rings (SSSR count). The van der Waals surface area contributed by atoms with E-state index in [1.54, 1.807) is 36.4 Å². The predicted octanol–water partition coefficient (Wildman–Crippen LogP) is 3.14. The molecule has 3 aromatic rings. The Kier molecular flexibility index (Phi) is 4.12. The van der Waals surface area contributed by atoms with Crippen molar-refractivity contribution in [1.82, 2.24) is 15.8 Å². The standard InChI is InChI=1S/C16H11BrFN3O2/c17-11-5-2-1-4-9(11)15(22)20-21-16(23)14-8-10-12(18)6-3-7-13(10)19-14/h1-8,19H,(H,20,22)(H,21,23). The summed E-state index contributed by atoms with van der Waals surface area (Å²) in [5, 5.41) is 0.315. The normalized spacial score (nSPS) is 10.5. The van der Waals surface area contributed by atoms with Gasteiger partial charge in [-0.25, -0.2) is 4.39 Å². The van der Waals surface area contributed by atoms with Gasteiger partial charge in [-0.3, -0.25) is 20.4 Å². The maximum atomic E-state index is 13.6. The molecule has 5 nitrogen and oxygen atoms in total. The van der Waals surface area contributed by atoms with Crippen molar-refractivity contribution in [2.45, 2.75) is 0 Å². The van der Waals surface area contributed by atoms with Crippen molar-refractivity contribution >= 4 is 38.6 Å². The largest absolute Gasteiger partial charge is 0.350 e. The SMILES string of the molecule is O=C(NNC(=O)c1ccccc1Br)c1cc2c(F)cccc2[nH]1. The van der Waals surface area contributed by atoms with Crippen molar-refractivity contribution in [3.63, 3.8) is 0 Å².